The molecular weight excluding hydrogens is 376 g/mol. The van der Waals surface area contributed by atoms with Crippen LogP contribution in [0.1, 0.15) is 32.6 Å². The van der Waals surface area contributed by atoms with Crippen molar-refractivity contribution in [3.05, 3.63) is 59.4 Å². The summed E-state index contributed by atoms with van der Waals surface area (Å²) in [7, 11) is 0. The number of hydrogen-bond donors (Lipinski definition) is 2. The molecular formula is C21H23ClN4O2. The first kappa shape index (κ1) is 19.9. The Hall–Kier alpha value is -2.86. The molecule has 2 aromatic carbocycles. The Morgan fingerprint density at radius 3 is 2.46 bits per heavy atom. The zero-order chi connectivity index (χ0) is 20.3. The lowest BCUT2D eigenvalue weighted by atomic mass is 10.2. The minimum Gasteiger partial charge on any atom is -0.346 e. The molecule has 7 heteroatoms. The van der Waals surface area contributed by atoms with Crippen LogP contribution < -0.4 is 10.6 Å². The molecule has 146 valence electrons. The number of carbonyl (C=O) groups is 2. The van der Waals surface area contributed by atoms with Gasteiger partial charge >= 0.3 is 0 Å². The number of carbonyl (C=O) groups excluding carboxylic acids is 2. The first-order valence-electron chi connectivity index (χ1n) is 9.16. The van der Waals surface area contributed by atoms with Crippen LogP contribution in [0.15, 0.2) is 48.5 Å². The van der Waals surface area contributed by atoms with Crippen LogP contribution in [0.5, 0.6) is 0 Å². The topological polar surface area (TPSA) is 76.0 Å². The molecule has 3 rings (SSSR count). The molecule has 1 heterocycles. The van der Waals surface area contributed by atoms with Gasteiger partial charge in [-0.25, -0.2) is 4.98 Å². The van der Waals surface area contributed by atoms with Crippen LogP contribution in [-0.4, -0.2) is 21.4 Å². The SMILES string of the molecule is CC(C)C(=O)NC(C)c1nc2ccccc2n1CC(=O)Nc1ccccc1Cl. The van der Waals surface area contributed by atoms with Crippen LogP contribution in [0.25, 0.3) is 11.0 Å². The van der Waals surface area contributed by atoms with E-state index in [-0.39, 0.29) is 30.3 Å². The van der Waals surface area contributed by atoms with E-state index in [1.54, 1.807) is 18.2 Å². The smallest absolute Gasteiger partial charge is 0.244 e. The Morgan fingerprint density at radius 2 is 1.75 bits per heavy atom. The number of amides is 2. The van der Waals surface area contributed by atoms with Gasteiger partial charge in [0.1, 0.15) is 12.4 Å². The molecule has 6 nitrogen and oxygen atoms in total. The van der Waals surface area contributed by atoms with Crippen molar-refractivity contribution < 1.29 is 9.59 Å². The maximum Gasteiger partial charge on any atom is 0.244 e. The molecule has 0 saturated carbocycles. The Kier molecular flexibility index (Phi) is 5.99. The van der Waals surface area contributed by atoms with Gasteiger partial charge in [0.2, 0.25) is 11.8 Å². The van der Waals surface area contributed by atoms with E-state index in [0.717, 1.165) is 11.0 Å². The molecule has 1 aromatic heterocycles. The van der Waals surface area contributed by atoms with Crippen molar-refractivity contribution in [2.45, 2.75) is 33.4 Å². The van der Waals surface area contributed by atoms with Crippen LogP contribution >= 0.6 is 11.6 Å². The van der Waals surface area contributed by atoms with Gasteiger partial charge in [-0.3, -0.25) is 9.59 Å². The average Bonchev–Trinajstić information content (AvgIpc) is 3.02. The fraction of sp³-hybridized carbons (Fsp3) is 0.286. The third-order valence-electron chi connectivity index (χ3n) is 4.40. The number of aromatic nitrogens is 2. The second kappa shape index (κ2) is 8.44. The molecule has 2 N–H and O–H groups in total. The second-order valence-electron chi connectivity index (χ2n) is 6.96. The lowest BCUT2D eigenvalue weighted by Gasteiger charge is -2.17. The number of nitrogens with zero attached hydrogens (tertiary/aromatic N) is 2. The Balaban J connectivity index is 1.89. The van der Waals surface area contributed by atoms with Gasteiger partial charge < -0.3 is 15.2 Å². The number of benzene rings is 2. The van der Waals surface area contributed by atoms with Crippen LogP contribution in [-0.2, 0) is 16.1 Å². The standard InChI is InChI=1S/C21H23ClN4O2/c1-13(2)21(28)23-14(3)20-25-17-10-6-7-11-18(17)26(20)12-19(27)24-16-9-5-4-8-15(16)22/h4-11,13-14H,12H2,1-3H3,(H,23,28)(H,24,27). The molecule has 0 radical (unpaired) electrons. The summed E-state index contributed by atoms with van der Waals surface area (Å²) in [6, 6.07) is 14.3. The van der Waals surface area contributed by atoms with Gasteiger partial charge in [0.15, 0.2) is 0 Å². The van der Waals surface area contributed by atoms with Gasteiger partial charge in [-0.05, 0) is 31.2 Å². The highest BCUT2D eigenvalue weighted by Gasteiger charge is 2.21. The molecule has 0 aliphatic heterocycles. The third-order valence-corrected chi connectivity index (χ3v) is 4.73. The van der Waals surface area contributed by atoms with E-state index in [1.165, 1.54) is 0 Å². The summed E-state index contributed by atoms with van der Waals surface area (Å²) in [4.78, 5) is 29.4. The summed E-state index contributed by atoms with van der Waals surface area (Å²) in [6.07, 6.45) is 0. The number of anilines is 1. The fourth-order valence-corrected chi connectivity index (χ4v) is 3.11. The summed E-state index contributed by atoms with van der Waals surface area (Å²) in [5, 5.41) is 6.26. The van der Waals surface area contributed by atoms with Crippen molar-refractivity contribution in [2.75, 3.05) is 5.32 Å². The summed E-state index contributed by atoms with van der Waals surface area (Å²) in [5.74, 6) is 0.208. The molecule has 0 aliphatic carbocycles. The monoisotopic (exact) mass is 398 g/mol. The van der Waals surface area contributed by atoms with Crippen LogP contribution in [0.3, 0.4) is 0 Å². The van der Waals surface area contributed by atoms with Gasteiger partial charge in [0, 0.05) is 5.92 Å². The minimum atomic E-state index is -0.338. The highest BCUT2D eigenvalue weighted by molar-refractivity contribution is 6.33. The number of rotatable bonds is 6. The predicted molar refractivity (Wildman–Crippen MR) is 111 cm³/mol. The number of fused-ring (bicyclic) bond motifs is 1. The molecule has 0 spiro atoms. The molecule has 1 atom stereocenters. The van der Waals surface area contributed by atoms with Crippen molar-refractivity contribution in [3.8, 4) is 0 Å². The van der Waals surface area contributed by atoms with Crippen LogP contribution in [0.4, 0.5) is 5.69 Å². The molecule has 0 bridgehead atoms. The number of hydrogen-bond acceptors (Lipinski definition) is 3. The molecule has 28 heavy (non-hydrogen) atoms. The van der Waals surface area contributed by atoms with Crippen molar-refractivity contribution in [3.63, 3.8) is 0 Å². The summed E-state index contributed by atoms with van der Waals surface area (Å²) < 4.78 is 1.83. The van der Waals surface area contributed by atoms with Crippen molar-refractivity contribution in [2.24, 2.45) is 5.92 Å². The van der Waals surface area contributed by atoms with E-state index in [0.29, 0.717) is 16.5 Å². The second-order valence-corrected chi connectivity index (χ2v) is 7.37. The predicted octanol–water partition coefficient (Wildman–Crippen LogP) is 4.16. The van der Waals surface area contributed by atoms with Gasteiger partial charge in [-0.2, -0.15) is 0 Å². The lowest BCUT2D eigenvalue weighted by Crippen LogP contribution is -2.32. The zero-order valence-electron chi connectivity index (χ0n) is 16.1. The number of para-hydroxylation sites is 3. The van der Waals surface area contributed by atoms with E-state index in [2.05, 4.69) is 15.6 Å². The van der Waals surface area contributed by atoms with Gasteiger partial charge in [-0.15, -0.1) is 0 Å². The van der Waals surface area contributed by atoms with E-state index in [9.17, 15) is 9.59 Å². The van der Waals surface area contributed by atoms with Crippen LogP contribution in [0.2, 0.25) is 5.02 Å². The van der Waals surface area contributed by atoms with Gasteiger partial charge in [0.25, 0.3) is 0 Å². The summed E-state index contributed by atoms with van der Waals surface area (Å²) in [6.45, 7) is 5.59. The fourth-order valence-electron chi connectivity index (χ4n) is 2.93. The third kappa shape index (κ3) is 4.34. The molecule has 0 fully saturated rings. The highest BCUT2D eigenvalue weighted by atomic mass is 35.5. The molecule has 0 saturated heterocycles. The minimum absolute atomic E-state index is 0.0585. The molecule has 1 unspecified atom stereocenters. The zero-order valence-corrected chi connectivity index (χ0v) is 16.8. The maximum absolute atomic E-state index is 12.7. The highest BCUT2D eigenvalue weighted by Crippen LogP contribution is 2.23. The normalized spacial score (nSPS) is 12.2. The first-order chi connectivity index (χ1) is 13.4. The Bertz CT molecular complexity index is 1010. The summed E-state index contributed by atoms with van der Waals surface area (Å²) >= 11 is 6.13. The molecule has 2 amide bonds. The largest absolute Gasteiger partial charge is 0.346 e. The number of nitrogens with one attached hydrogen (secondary N) is 2. The summed E-state index contributed by atoms with van der Waals surface area (Å²) in [5.41, 5.74) is 2.16. The number of imidazole rings is 1. The van der Waals surface area contributed by atoms with Crippen molar-refractivity contribution in [1.82, 2.24) is 14.9 Å². The van der Waals surface area contributed by atoms with E-state index < -0.39 is 0 Å². The Labute approximate surface area is 168 Å². The number of halogens is 1. The Morgan fingerprint density at radius 1 is 1.07 bits per heavy atom. The van der Waals surface area contributed by atoms with Gasteiger partial charge in [-0.1, -0.05) is 49.7 Å². The molecule has 3 aromatic rings. The van der Waals surface area contributed by atoms with E-state index >= 15 is 0 Å². The first-order valence-corrected chi connectivity index (χ1v) is 9.54. The van der Waals surface area contributed by atoms with E-state index in [4.69, 9.17) is 11.6 Å². The van der Waals surface area contributed by atoms with Gasteiger partial charge in [0.05, 0.1) is 27.8 Å². The van der Waals surface area contributed by atoms with Crippen molar-refractivity contribution in [1.29, 1.82) is 0 Å². The molecule has 0 aliphatic rings. The average molecular weight is 399 g/mol. The van der Waals surface area contributed by atoms with Crippen molar-refractivity contribution >= 4 is 40.1 Å². The van der Waals surface area contributed by atoms with E-state index in [1.807, 2.05) is 55.7 Å². The van der Waals surface area contributed by atoms with Crippen LogP contribution in [0, 0.1) is 5.92 Å². The quantitative estimate of drug-likeness (QED) is 0.654. The lowest BCUT2D eigenvalue weighted by molar-refractivity contribution is -0.124. The maximum atomic E-state index is 12.7.